The highest BCUT2D eigenvalue weighted by Crippen LogP contribution is 2.25. The third-order valence-electron chi connectivity index (χ3n) is 4.03. The average molecular weight is 300 g/mol. The second-order valence-electron chi connectivity index (χ2n) is 5.75. The molecule has 0 aliphatic heterocycles. The van der Waals surface area contributed by atoms with Gasteiger partial charge in [-0.2, -0.15) is 0 Å². The van der Waals surface area contributed by atoms with Gasteiger partial charge in [-0.15, -0.1) is 0 Å². The van der Waals surface area contributed by atoms with Crippen molar-refractivity contribution in [3.63, 3.8) is 0 Å². The number of aliphatic hydroxyl groups is 1. The minimum atomic E-state index is -0.0501. The van der Waals surface area contributed by atoms with Crippen LogP contribution in [0.5, 0.6) is 0 Å². The van der Waals surface area contributed by atoms with Crippen molar-refractivity contribution in [1.29, 1.82) is 0 Å². The Hall–Kier alpha value is -1.91. The molecule has 0 fully saturated rings. The highest BCUT2D eigenvalue weighted by Gasteiger charge is 2.14. The van der Waals surface area contributed by atoms with Crippen molar-refractivity contribution in [2.24, 2.45) is 5.73 Å². The molecule has 0 saturated heterocycles. The molecule has 4 heteroatoms. The molecule has 0 atom stereocenters. The molecular formula is C18H24N2O2. The number of nitrogens with two attached hydrogens (primary N) is 1. The second-order valence-corrected chi connectivity index (χ2v) is 5.75. The summed E-state index contributed by atoms with van der Waals surface area (Å²) in [6, 6.07) is 8.24. The van der Waals surface area contributed by atoms with Gasteiger partial charge in [-0.1, -0.05) is 23.8 Å². The van der Waals surface area contributed by atoms with Crippen molar-refractivity contribution in [2.45, 2.75) is 40.3 Å². The number of aliphatic hydroxyl groups excluding tert-OH is 1. The smallest absolute Gasteiger partial charge is 0.255 e. The lowest BCUT2D eigenvalue weighted by molar-refractivity contribution is 0.279. The van der Waals surface area contributed by atoms with Gasteiger partial charge in [0, 0.05) is 30.8 Å². The Morgan fingerprint density at radius 3 is 2.45 bits per heavy atom. The average Bonchev–Trinajstić information content (AvgIpc) is 2.46. The first kappa shape index (κ1) is 16.5. The summed E-state index contributed by atoms with van der Waals surface area (Å²) in [5, 5.41) is 9.11. The molecular weight excluding hydrogens is 276 g/mol. The molecule has 4 nitrogen and oxygen atoms in total. The van der Waals surface area contributed by atoms with Gasteiger partial charge in [0.05, 0.1) is 5.69 Å². The lowest BCUT2D eigenvalue weighted by Crippen LogP contribution is -2.28. The number of nitrogens with zero attached hydrogens (tertiary/aromatic N) is 1. The minimum Gasteiger partial charge on any atom is -0.396 e. The lowest BCUT2D eigenvalue weighted by atomic mass is 9.99. The summed E-state index contributed by atoms with van der Waals surface area (Å²) in [5.74, 6) is 0. The standard InChI is InChI=1S/C18H24N2O2/c1-12-5-6-15(13(2)9-12)17-10-14(3)16(11-19)18(22)20(17)7-4-8-21/h5-6,9-10,21H,4,7-8,11,19H2,1-3H3. The van der Waals surface area contributed by atoms with E-state index in [9.17, 15) is 4.79 Å². The van der Waals surface area contributed by atoms with Crippen molar-refractivity contribution in [3.8, 4) is 11.3 Å². The van der Waals surface area contributed by atoms with Crippen LogP contribution in [0.15, 0.2) is 29.1 Å². The molecule has 2 aromatic rings. The van der Waals surface area contributed by atoms with Gasteiger partial charge in [0.25, 0.3) is 5.56 Å². The highest BCUT2D eigenvalue weighted by molar-refractivity contribution is 5.65. The van der Waals surface area contributed by atoms with E-state index in [-0.39, 0.29) is 18.7 Å². The number of aromatic nitrogens is 1. The van der Waals surface area contributed by atoms with E-state index in [1.165, 1.54) is 5.56 Å². The summed E-state index contributed by atoms with van der Waals surface area (Å²) in [6.07, 6.45) is 0.547. The lowest BCUT2D eigenvalue weighted by Gasteiger charge is -2.18. The maximum absolute atomic E-state index is 12.7. The normalized spacial score (nSPS) is 11.0. The molecule has 0 spiro atoms. The SMILES string of the molecule is Cc1ccc(-c2cc(C)c(CN)c(=O)n2CCCO)c(C)c1. The fraction of sp³-hybridized carbons (Fsp3) is 0.389. The highest BCUT2D eigenvalue weighted by atomic mass is 16.3. The van der Waals surface area contributed by atoms with E-state index in [1.807, 2.05) is 13.0 Å². The van der Waals surface area contributed by atoms with Crippen LogP contribution in [0.4, 0.5) is 0 Å². The first-order chi connectivity index (χ1) is 10.5. The molecule has 1 heterocycles. The summed E-state index contributed by atoms with van der Waals surface area (Å²) in [6.45, 7) is 6.81. The zero-order chi connectivity index (χ0) is 16.3. The molecule has 2 rings (SSSR count). The van der Waals surface area contributed by atoms with Crippen LogP contribution in [-0.4, -0.2) is 16.3 Å². The minimum absolute atomic E-state index is 0.0501. The van der Waals surface area contributed by atoms with Crippen molar-refractivity contribution in [2.75, 3.05) is 6.61 Å². The van der Waals surface area contributed by atoms with Crippen LogP contribution in [-0.2, 0) is 13.1 Å². The maximum atomic E-state index is 12.7. The number of hydrogen-bond donors (Lipinski definition) is 2. The third-order valence-corrected chi connectivity index (χ3v) is 4.03. The fourth-order valence-electron chi connectivity index (χ4n) is 2.83. The zero-order valence-corrected chi connectivity index (χ0v) is 13.5. The van der Waals surface area contributed by atoms with Crippen LogP contribution in [0.3, 0.4) is 0 Å². The number of pyridine rings is 1. The van der Waals surface area contributed by atoms with Gasteiger partial charge in [-0.05, 0) is 44.4 Å². The van der Waals surface area contributed by atoms with E-state index in [1.54, 1.807) is 4.57 Å². The van der Waals surface area contributed by atoms with E-state index in [4.69, 9.17) is 10.8 Å². The van der Waals surface area contributed by atoms with E-state index >= 15 is 0 Å². The van der Waals surface area contributed by atoms with Crippen molar-refractivity contribution in [3.05, 3.63) is 56.9 Å². The quantitative estimate of drug-likeness (QED) is 0.890. The van der Waals surface area contributed by atoms with E-state index in [0.29, 0.717) is 18.5 Å². The monoisotopic (exact) mass is 300 g/mol. The van der Waals surface area contributed by atoms with Gasteiger partial charge in [-0.25, -0.2) is 0 Å². The van der Waals surface area contributed by atoms with Gasteiger partial charge in [0.1, 0.15) is 0 Å². The molecule has 0 radical (unpaired) electrons. The van der Waals surface area contributed by atoms with Crippen molar-refractivity contribution in [1.82, 2.24) is 4.57 Å². The van der Waals surface area contributed by atoms with Crippen LogP contribution >= 0.6 is 0 Å². The Morgan fingerprint density at radius 1 is 1.14 bits per heavy atom. The first-order valence-corrected chi connectivity index (χ1v) is 7.61. The van der Waals surface area contributed by atoms with Gasteiger partial charge >= 0.3 is 0 Å². The summed E-state index contributed by atoms with van der Waals surface area (Å²) >= 11 is 0. The fourth-order valence-corrected chi connectivity index (χ4v) is 2.83. The number of aryl methyl sites for hydroxylation is 3. The summed E-state index contributed by atoms with van der Waals surface area (Å²) in [5.41, 5.74) is 11.5. The van der Waals surface area contributed by atoms with Gasteiger partial charge < -0.3 is 15.4 Å². The van der Waals surface area contributed by atoms with Gasteiger partial charge in [0.2, 0.25) is 0 Å². The summed E-state index contributed by atoms with van der Waals surface area (Å²) in [7, 11) is 0. The van der Waals surface area contributed by atoms with Gasteiger partial charge in [0.15, 0.2) is 0 Å². The van der Waals surface area contributed by atoms with Crippen molar-refractivity contribution >= 4 is 0 Å². The number of hydrogen-bond acceptors (Lipinski definition) is 3. The van der Waals surface area contributed by atoms with E-state index in [0.717, 1.165) is 22.4 Å². The molecule has 0 saturated carbocycles. The molecule has 22 heavy (non-hydrogen) atoms. The Morgan fingerprint density at radius 2 is 1.86 bits per heavy atom. The zero-order valence-electron chi connectivity index (χ0n) is 13.5. The van der Waals surface area contributed by atoms with Crippen LogP contribution in [0.2, 0.25) is 0 Å². The van der Waals surface area contributed by atoms with E-state index in [2.05, 4.69) is 32.0 Å². The van der Waals surface area contributed by atoms with Crippen LogP contribution in [0.25, 0.3) is 11.3 Å². The Bertz CT molecular complexity index is 733. The predicted molar refractivity (Wildman–Crippen MR) is 89.9 cm³/mol. The predicted octanol–water partition coefficient (Wildman–Crippen LogP) is 2.28. The second kappa shape index (κ2) is 6.90. The maximum Gasteiger partial charge on any atom is 0.255 e. The summed E-state index contributed by atoms with van der Waals surface area (Å²) in [4.78, 5) is 12.7. The molecule has 0 bridgehead atoms. The Kier molecular flexibility index (Phi) is 5.16. The third kappa shape index (κ3) is 3.13. The molecule has 1 aromatic heterocycles. The molecule has 0 aliphatic rings. The molecule has 3 N–H and O–H groups in total. The van der Waals surface area contributed by atoms with Crippen LogP contribution in [0, 0.1) is 20.8 Å². The number of benzene rings is 1. The molecule has 0 aliphatic carbocycles. The van der Waals surface area contributed by atoms with Crippen LogP contribution < -0.4 is 11.3 Å². The topological polar surface area (TPSA) is 68.2 Å². The molecule has 1 aromatic carbocycles. The first-order valence-electron chi connectivity index (χ1n) is 7.61. The van der Waals surface area contributed by atoms with Crippen molar-refractivity contribution < 1.29 is 5.11 Å². The Labute approximate surface area is 131 Å². The molecule has 0 unspecified atom stereocenters. The summed E-state index contributed by atoms with van der Waals surface area (Å²) < 4.78 is 1.74. The molecule has 118 valence electrons. The van der Waals surface area contributed by atoms with E-state index < -0.39 is 0 Å². The molecule has 0 amide bonds. The number of rotatable bonds is 5. The van der Waals surface area contributed by atoms with Crippen LogP contribution in [0.1, 0.15) is 28.7 Å². The Balaban J connectivity index is 2.70. The van der Waals surface area contributed by atoms with Gasteiger partial charge in [-0.3, -0.25) is 4.79 Å². The largest absolute Gasteiger partial charge is 0.396 e.